The van der Waals surface area contributed by atoms with E-state index in [0.717, 1.165) is 6.92 Å². The van der Waals surface area contributed by atoms with E-state index in [9.17, 15) is 31.1 Å². The number of alkyl halides is 6. The summed E-state index contributed by atoms with van der Waals surface area (Å²) in [5, 5.41) is 8.83. The number of carbonyl (C=O) groups excluding carboxylic acids is 1. The molecule has 0 spiro atoms. The van der Waals surface area contributed by atoms with E-state index in [4.69, 9.17) is 5.11 Å². The Morgan fingerprint density at radius 3 is 1.72 bits per heavy atom. The fourth-order valence-corrected chi connectivity index (χ4v) is 0.968. The Morgan fingerprint density at radius 1 is 1.17 bits per heavy atom. The Morgan fingerprint density at radius 2 is 1.50 bits per heavy atom. The van der Waals surface area contributed by atoms with Gasteiger partial charge in [0.1, 0.15) is 6.10 Å². The van der Waals surface area contributed by atoms with E-state index < -0.39 is 35.6 Å². The van der Waals surface area contributed by atoms with Crippen LogP contribution in [0, 0.1) is 0 Å². The van der Waals surface area contributed by atoms with Crippen LogP contribution in [0.4, 0.5) is 26.3 Å². The lowest BCUT2D eigenvalue weighted by atomic mass is 9.96. The van der Waals surface area contributed by atoms with E-state index in [1.807, 2.05) is 0 Å². The number of esters is 1. The smallest absolute Gasteiger partial charge is 0.430 e. The first-order valence-electron chi connectivity index (χ1n) is 4.47. The summed E-state index contributed by atoms with van der Waals surface area (Å²) in [6.45, 7) is 4.33. The van der Waals surface area contributed by atoms with Crippen molar-refractivity contribution < 1.29 is 41.0 Å². The molecule has 1 unspecified atom stereocenters. The Kier molecular flexibility index (Phi) is 4.46. The molecular weight excluding hydrogens is 270 g/mol. The molecule has 0 aromatic rings. The average molecular weight is 280 g/mol. The largest absolute Gasteiger partial charge is 0.455 e. The van der Waals surface area contributed by atoms with Crippen LogP contribution in [-0.4, -0.2) is 35.1 Å². The Balaban J connectivity index is 5.38. The standard InChI is InChI=1S/C9H10F6O3/c1-4(2)6(16)18-5(3)7(17,8(10,11)12)9(13,14)15/h5,17H,1H2,2-3H3. The number of hydrogen-bond donors (Lipinski definition) is 1. The molecule has 3 nitrogen and oxygen atoms in total. The van der Waals surface area contributed by atoms with Crippen molar-refractivity contribution >= 4 is 5.97 Å². The zero-order valence-electron chi connectivity index (χ0n) is 9.32. The molecule has 0 fully saturated rings. The number of aliphatic hydroxyl groups is 1. The van der Waals surface area contributed by atoms with Gasteiger partial charge in [0.05, 0.1) is 0 Å². The van der Waals surface area contributed by atoms with Crippen molar-refractivity contribution in [2.75, 3.05) is 0 Å². The van der Waals surface area contributed by atoms with Gasteiger partial charge in [0, 0.05) is 5.57 Å². The summed E-state index contributed by atoms with van der Waals surface area (Å²) in [7, 11) is 0. The molecular formula is C9H10F6O3. The van der Waals surface area contributed by atoms with Crippen molar-refractivity contribution in [1.82, 2.24) is 0 Å². The Bertz CT molecular complexity index is 329. The van der Waals surface area contributed by atoms with E-state index in [2.05, 4.69) is 11.3 Å². The quantitative estimate of drug-likeness (QED) is 0.490. The van der Waals surface area contributed by atoms with Crippen molar-refractivity contribution in [3.8, 4) is 0 Å². The zero-order chi connectivity index (χ0) is 14.9. The second-order valence-corrected chi connectivity index (χ2v) is 3.59. The highest BCUT2D eigenvalue weighted by Crippen LogP contribution is 2.46. The van der Waals surface area contributed by atoms with Gasteiger partial charge in [0.2, 0.25) is 0 Å². The van der Waals surface area contributed by atoms with Crippen LogP contribution >= 0.6 is 0 Å². The summed E-state index contributed by atoms with van der Waals surface area (Å²) >= 11 is 0. The first kappa shape index (κ1) is 16.8. The second-order valence-electron chi connectivity index (χ2n) is 3.59. The van der Waals surface area contributed by atoms with Gasteiger partial charge in [-0.2, -0.15) is 26.3 Å². The molecule has 0 radical (unpaired) electrons. The molecule has 106 valence electrons. The molecule has 18 heavy (non-hydrogen) atoms. The van der Waals surface area contributed by atoms with Crippen LogP contribution in [0.5, 0.6) is 0 Å². The van der Waals surface area contributed by atoms with Crippen LogP contribution in [0.2, 0.25) is 0 Å². The van der Waals surface area contributed by atoms with Gasteiger partial charge in [-0.05, 0) is 13.8 Å². The van der Waals surface area contributed by atoms with Crippen molar-refractivity contribution in [2.24, 2.45) is 0 Å². The maximum atomic E-state index is 12.3. The Hall–Kier alpha value is -1.25. The first-order valence-corrected chi connectivity index (χ1v) is 4.47. The average Bonchev–Trinajstić information content (AvgIpc) is 2.12. The molecule has 1 atom stereocenters. The fourth-order valence-electron chi connectivity index (χ4n) is 0.968. The van der Waals surface area contributed by atoms with Gasteiger partial charge in [0.25, 0.3) is 5.60 Å². The summed E-state index contributed by atoms with van der Waals surface area (Å²) in [5.74, 6) is -1.46. The monoisotopic (exact) mass is 280 g/mol. The van der Waals surface area contributed by atoms with E-state index in [1.54, 1.807) is 0 Å². The molecule has 0 aliphatic heterocycles. The summed E-state index contributed by atoms with van der Waals surface area (Å²) in [4.78, 5) is 10.9. The predicted molar refractivity (Wildman–Crippen MR) is 47.4 cm³/mol. The van der Waals surface area contributed by atoms with Crippen LogP contribution in [0.1, 0.15) is 13.8 Å². The van der Waals surface area contributed by atoms with Crippen molar-refractivity contribution in [3.05, 3.63) is 12.2 Å². The van der Waals surface area contributed by atoms with Gasteiger partial charge in [-0.25, -0.2) is 4.79 Å². The fraction of sp³-hybridized carbons (Fsp3) is 0.667. The van der Waals surface area contributed by atoms with Crippen LogP contribution in [-0.2, 0) is 9.53 Å². The third-order valence-electron chi connectivity index (χ3n) is 2.08. The van der Waals surface area contributed by atoms with Crippen molar-refractivity contribution in [2.45, 2.75) is 37.9 Å². The van der Waals surface area contributed by atoms with Crippen LogP contribution in [0.3, 0.4) is 0 Å². The minimum atomic E-state index is -6.04. The zero-order valence-corrected chi connectivity index (χ0v) is 9.32. The van der Waals surface area contributed by atoms with Gasteiger partial charge >= 0.3 is 18.3 Å². The molecule has 0 aliphatic carbocycles. The maximum Gasteiger partial charge on any atom is 0.430 e. The molecule has 0 amide bonds. The second kappa shape index (κ2) is 4.79. The molecule has 0 saturated heterocycles. The molecule has 9 heteroatoms. The minimum Gasteiger partial charge on any atom is -0.455 e. The minimum absolute atomic E-state index is 0.293. The first-order chi connectivity index (χ1) is 7.75. The van der Waals surface area contributed by atoms with Crippen LogP contribution < -0.4 is 0 Å². The van der Waals surface area contributed by atoms with Gasteiger partial charge in [0.15, 0.2) is 0 Å². The van der Waals surface area contributed by atoms with E-state index >= 15 is 0 Å². The topological polar surface area (TPSA) is 46.5 Å². The lowest BCUT2D eigenvalue weighted by Crippen LogP contribution is -2.64. The Labute approximate surface area is 98.0 Å². The summed E-state index contributed by atoms with van der Waals surface area (Å²) in [6.07, 6.45) is -14.9. The molecule has 0 rings (SSSR count). The van der Waals surface area contributed by atoms with E-state index in [-0.39, 0.29) is 0 Å². The van der Waals surface area contributed by atoms with Gasteiger partial charge < -0.3 is 9.84 Å². The number of carbonyl (C=O) groups is 1. The highest BCUT2D eigenvalue weighted by Gasteiger charge is 2.74. The van der Waals surface area contributed by atoms with Gasteiger partial charge in [-0.15, -0.1) is 0 Å². The summed E-state index contributed by atoms with van der Waals surface area (Å²) in [6, 6.07) is 0. The molecule has 0 bridgehead atoms. The highest BCUT2D eigenvalue weighted by molar-refractivity contribution is 5.87. The molecule has 0 aromatic carbocycles. The normalized spacial score (nSPS) is 15.2. The van der Waals surface area contributed by atoms with E-state index in [0.29, 0.717) is 6.92 Å². The number of halogens is 6. The van der Waals surface area contributed by atoms with Crippen molar-refractivity contribution in [1.29, 1.82) is 0 Å². The van der Waals surface area contributed by atoms with Crippen LogP contribution in [0.25, 0.3) is 0 Å². The molecule has 0 aliphatic rings. The molecule has 0 aromatic heterocycles. The molecule has 0 saturated carbocycles. The summed E-state index contributed by atoms with van der Waals surface area (Å²) in [5.41, 5.74) is -5.53. The summed E-state index contributed by atoms with van der Waals surface area (Å²) < 4.78 is 77.8. The van der Waals surface area contributed by atoms with Gasteiger partial charge in [-0.1, -0.05) is 6.58 Å². The van der Waals surface area contributed by atoms with Crippen molar-refractivity contribution in [3.63, 3.8) is 0 Å². The van der Waals surface area contributed by atoms with Gasteiger partial charge in [-0.3, -0.25) is 0 Å². The molecule has 0 heterocycles. The predicted octanol–water partition coefficient (Wildman–Crippen LogP) is 2.35. The SMILES string of the molecule is C=C(C)C(=O)OC(C)C(O)(C(F)(F)F)C(F)(F)F. The maximum absolute atomic E-state index is 12.3. The third kappa shape index (κ3) is 2.95. The number of hydrogen-bond acceptors (Lipinski definition) is 3. The lowest BCUT2D eigenvalue weighted by molar-refractivity contribution is -0.389. The lowest BCUT2D eigenvalue weighted by Gasteiger charge is -2.36. The van der Waals surface area contributed by atoms with E-state index in [1.165, 1.54) is 0 Å². The number of ether oxygens (including phenoxy) is 1. The third-order valence-corrected chi connectivity index (χ3v) is 2.08. The molecule has 1 N–H and O–H groups in total. The van der Waals surface area contributed by atoms with Crippen LogP contribution in [0.15, 0.2) is 12.2 Å². The number of rotatable bonds is 3. The highest BCUT2D eigenvalue weighted by atomic mass is 19.4.